The van der Waals surface area contributed by atoms with E-state index in [0.717, 1.165) is 22.2 Å². The topological polar surface area (TPSA) is 83.8 Å². The average molecular weight is 332 g/mol. The Hall–Kier alpha value is -3.41. The molecule has 25 heavy (non-hydrogen) atoms. The molecular weight excluding hydrogens is 316 g/mol. The van der Waals surface area contributed by atoms with Crippen LogP contribution < -0.4 is 5.32 Å². The van der Waals surface area contributed by atoms with Gasteiger partial charge in [0.2, 0.25) is 5.91 Å². The lowest BCUT2D eigenvalue weighted by atomic mass is 10.2. The van der Waals surface area contributed by atoms with Gasteiger partial charge in [-0.05, 0) is 6.07 Å². The van der Waals surface area contributed by atoms with Gasteiger partial charge in [-0.2, -0.15) is 5.10 Å². The Kier molecular flexibility index (Phi) is 4.00. The van der Waals surface area contributed by atoms with Crippen molar-refractivity contribution in [2.75, 3.05) is 5.32 Å². The molecule has 0 aliphatic carbocycles. The molecule has 0 fully saturated rings. The predicted octanol–water partition coefficient (Wildman–Crippen LogP) is 3.79. The summed E-state index contributed by atoms with van der Waals surface area (Å²) in [7, 11) is 0. The van der Waals surface area contributed by atoms with E-state index in [1.165, 1.54) is 0 Å². The molecule has 0 unspecified atom stereocenters. The van der Waals surface area contributed by atoms with E-state index in [1.54, 1.807) is 12.4 Å². The summed E-state index contributed by atoms with van der Waals surface area (Å²) in [6.45, 7) is 0. The highest BCUT2D eigenvalue weighted by atomic mass is 16.4. The van der Waals surface area contributed by atoms with Crippen molar-refractivity contribution in [1.29, 1.82) is 0 Å². The number of benzene rings is 2. The van der Waals surface area contributed by atoms with E-state index in [2.05, 4.69) is 20.5 Å². The molecule has 0 atom stereocenters. The van der Waals surface area contributed by atoms with Crippen LogP contribution in [-0.4, -0.2) is 21.1 Å². The first-order valence-corrected chi connectivity index (χ1v) is 8.02. The number of rotatable bonds is 5. The fourth-order valence-electron chi connectivity index (χ4n) is 2.67. The number of aromatic nitrogens is 3. The van der Waals surface area contributed by atoms with E-state index in [-0.39, 0.29) is 5.91 Å². The van der Waals surface area contributed by atoms with Gasteiger partial charge in [0.25, 0.3) is 0 Å². The van der Waals surface area contributed by atoms with Crippen molar-refractivity contribution >= 4 is 22.5 Å². The lowest BCUT2D eigenvalue weighted by Gasteiger charge is -2.05. The molecule has 0 aliphatic rings. The minimum absolute atomic E-state index is 0.0958. The number of aryl methyl sites for hydroxylation is 1. The van der Waals surface area contributed by atoms with E-state index >= 15 is 0 Å². The number of fused-ring (bicyclic) bond motifs is 1. The quantitative estimate of drug-likeness (QED) is 0.582. The van der Waals surface area contributed by atoms with E-state index in [4.69, 9.17) is 4.42 Å². The Morgan fingerprint density at radius 2 is 1.96 bits per heavy atom. The number of hydrogen-bond donors (Lipinski definition) is 2. The van der Waals surface area contributed by atoms with E-state index in [0.29, 0.717) is 24.5 Å². The number of nitrogens with zero attached hydrogens (tertiary/aromatic N) is 2. The first-order valence-electron chi connectivity index (χ1n) is 8.02. The maximum atomic E-state index is 12.2. The average Bonchev–Trinajstić information content (AvgIpc) is 3.31. The van der Waals surface area contributed by atoms with Gasteiger partial charge in [0, 0.05) is 23.8 Å². The van der Waals surface area contributed by atoms with E-state index < -0.39 is 0 Å². The minimum Gasteiger partial charge on any atom is -0.441 e. The molecule has 2 heterocycles. The van der Waals surface area contributed by atoms with Crippen molar-refractivity contribution in [2.24, 2.45) is 0 Å². The summed E-state index contributed by atoms with van der Waals surface area (Å²) in [6.07, 6.45) is 4.15. The standard InChI is InChI=1S/C19H16N4O2/c24-17(22-15-8-4-7-14-11-21-23-19(14)15)9-10-18-20-12-16(25-18)13-5-2-1-3-6-13/h1-8,11-12H,9-10H2,(H,21,23)(H,22,24). The van der Waals surface area contributed by atoms with Crippen LogP contribution in [0.2, 0.25) is 0 Å². The smallest absolute Gasteiger partial charge is 0.224 e. The molecule has 0 aliphatic heterocycles. The number of carbonyl (C=O) groups is 1. The van der Waals surface area contributed by atoms with E-state index in [9.17, 15) is 4.79 Å². The van der Waals surface area contributed by atoms with Gasteiger partial charge in [0.1, 0.15) is 0 Å². The Balaban J connectivity index is 1.39. The van der Waals surface area contributed by atoms with Gasteiger partial charge >= 0.3 is 0 Å². The molecule has 6 heteroatoms. The largest absolute Gasteiger partial charge is 0.441 e. The zero-order chi connectivity index (χ0) is 17.1. The number of nitrogens with one attached hydrogen (secondary N) is 2. The van der Waals surface area contributed by atoms with Gasteiger partial charge in [0.05, 0.1) is 23.6 Å². The molecule has 0 spiro atoms. The van der Waals surface area contributed by atoms with Crippen LogP contribution in [0.3, 0.4) is 0 Å². The molecule has 0 radical (unpaired) electrons. The molecule has 0 saturated carbocycles. The first kappa shape index (κ1) is 15.1. The number of H-pyrrole nitrogens is 1. The van der Waals surface area contributed by atoms with Crippen molar-refractivity contribution in [3.05, 3.63) is 66.8 Å². The molecule has 2 aromatic heterocycles. The van der Waals surface area contributed by atoms with Gasteiger partial charge in [-0.25, -0.2) is 4.98 Å². The van der Waals surface area contributed by atoms with Gasteiger partial charge in [-0.1, -0.05) is 42.5 Å². The van der Waals surface area contributed by atoms with Gasteiger partial charge in [-0.15, -0.1) is 0 Å². The van der Waals surface area contributed by atoms with E-state index in [1.807, 2.05) is 48.5 Å². The molecule has 1 amide bonds. The second-order valence-corrected chi connectivity index (χ2v) is 5.67. The fraction of sp³-hybridized carbons (Fsp3) is 0.105. The third kappa shape index (κ3) is 3.28. The predicted molar refractivity (Wildman–Crippen MR) is 95.0 cm³/mol. The summed E-state index contributed by atoms with van der Waals surface area (Å²) < 4.78 is 5.72. The number of aromatic amines is 1. The normalized spacial score (nSPS) is 10.9. The Bertz CT molecular complexity index is 1000. The van der Waals surface area contributed by atoms with Crippen LogP contribution in [0.5, 0.6) is 0 Å². The molecule has 2 aromatic carbocycles. The number of hydrogen-bond acceptors (Lipinski definition) is 4. The molecular formula is C19H16N4O2. The van der Waals surface area contributed by atoms with Crippen LogP contribution >= 0.6 is 0 Å². The number of carbonyl (C=O) groups excluding carboxylic acids is 1. The lowest BCUT2D eigenvalue weighted by molar-refractivity contribution is -0.116. The Labute approximate surface area is 143 Å². The molecule has 2 N–H and O–H groups in total. The van der Waals surface area contributed by atoms with Crippen molar-refractivity contribution < 1.29 is 9.21 Å². The number of oxazole rings is 1. The highest BCUT2D eigenvalue weighted by Crippen LogP contribution is 2.22. The second kappa shape index (κ2) is 6.60. The first-order chi connectivity index (χ1) is 12.3. The lowest BCUT2D eigenvalue weighted by Crippen LogP contribution is -2.12. The molecule has 0 bridgehead atoms. The SMILES string of the molecule is O=C(CCc1ncc(-c2ccccc2)o1)Nc1cccc2cn[nH]c12. The number of amides is 1. The summed E-state index contributed by atoms with van der Waals surface area (Å²) in [5.74, 6) is 1.16. The highest BCUT2D eigenvalue weighted by molar-refractivity contribution is 6.00. The molecule has 4 rings (SSSR count). The van der Waals surface area contributed by atoms with Crippen LogP contribution in [0, 0.1) is 0 Å². The van der Waals surface area contributed by atoms with Gasteiger partial charge in [0.15, 0.2) is 11.7 Å². The molecule has 6 nitrogen and oxygen atoms in total. The molecule has 4 aromatic rings. The fourth-order valence-corrected chi connectivity index (χ4v) is 2.67. The minimum atomic E-state index is -0.0958. The van der Waals surface area contributed by atoms with Crippen LogP contribution in [-0.2, 0) is 11.2 Å². The van der Waals surface area contributed by atoms with Gasteiger partial charge < -0.3 is 9.73 Å². The van der Waals surface area contributed by atoms with Crippen molar-refractivity contribution in [2.45, 2.75) is 12.8 Å². The summed E-state index contributed by atoms with van der Waals surface area (Å²) in [5.41, 5.74) is 2.51. The zero-order valence-electron chi connectivity index (χ0n) is 13.4. The zero-order valence-corrected chi connectivity index (χ0v) is 13.4. The van der Waals surface area contributed by atoms with Crippen molar-refractivity contribution in [1.82, 2.24) is 15.2 Å². The maximum absolute atomic E-state index is 12.2. The van der Waals surface area contributed by atoms with Crippen LogP contribution in [0.1, 0.15) is 12.3 Å². The summed E-state index contributed by atoms with van der Waals surface area (Å²) in [4.78, 5) is 16.5. The van der Waals surface area contributed by atoms with Crippen molar-refractivity contribution in [3.8, 4) is 11.3 Å². The summed E-state index contributed by atoms with van der Waals surface area (Å²) in [6, 6.07) is 15.4. The highest BCUT2D eigenvalue weighted by Gasteiger charge is 2.10. The van der Waals surface area contributed by atoms with Crippen LogP contribution in [0.15, 0.2) is 65.3 Å². The number of para-hydroxylation sites is 1. The monoisotopic (exact) mass is 332 g/mol. The molecule has 124 valence electrons. The Morgan fingerprint density at radius 1 is 1.08 bits per heavy atom. The van der Waals surface area contributed by atoms with Gasteiger partial charge in [-0.3, -0.25) is 9.89 Å². The van der Waals surface area contributed by atoms with Crippen LogP contribution in [0.25, 0.3) is 22.2 Å². The maximum Gasteiger partial charge on any atom is 0.224 e. The van der Waals surface area contributed by atoms with Crippen molar-refractivity contribution in [3.63, 3.8) is 0 Å². The third-order valence-corrected chi connectivity index (χ3v) is 3.93. The Morgan fingerprint density at radius 3 is 2.84 bits per heavy atom. The third-order valence-electron chi connectivity index (χ3n) is 3.93. The van der Waals surface area contributed by atoms with Crippen LogP contribution in [0.4, 0.5) is 5.69 Å². The number of anilines is 1. The second-order valence-electron chi connectivity index (χ2n) is 5.67. The molecule has 0 saturated heterocycles. The summed E-state index contributed by atoms with van der Waals surface area (Å²) in [5, 5.41) is 10.7. The summed E-state index contributed by atoms with van der Waals surface area (Å²) >= 11 is 0.